The second kappa shape index (κ2) is 7.87. The molecule has 0 fully saturated rings. The van der Waals surface area contributed by atoms with Gasteiger partial charge in [-0.25, -0.2) is 18.1 Å². The summed E-state index contributed by atoms with van der Waals surface area (Å²) in [6.45, 7) is 0.830. The van der Waals surface area contributed by atoms with E-state index in [1.54, 1.807) is 42.6 Å². The monoisotopic (exact) mass is 406 g/mol. The molecular formula is C20H18N6O2S. The Morgan fingerprint density at radius 1 is 1.07 bits per heavy atom. The standard InChI is InChI=1S/C20H18N6O2S/c21-12-14-5-7-15(8-6-14)18-13-23-20-25-16-3-1-4-17(11-16)29(27,28)24-10-2-9-22-19(18)26-20/h1,3-8,11,13,24H,2,9-10H2,(H2,22,23,25,26). The summed E-state index contributed by atoms with van der Waals surface area (Å²) >= 11 is 0. The van der Waals surface area contributed by atoms with E-state index < -0.39 is 10.0 Å². The molecule has 1 aliphatic heterocycles. The summed E-state index contributed by atoms with van der Waals surface area (Å²) < 4.78 is 27.5. The molecule has 2 heterocycles. The fourth-order valence-electron chi connectivity index (χ4n) is 2.97. The van der Waals surface area contributed by atoms with E-state index in [1.807, 2.05) is 12.1 Å². The SMILES string of the molecule is N#Cc1ccc(-c2cnc3nc2NCCCNS(=O)(=O)c2cccc(c2)N3)cc1. The molecule has 8 nitrogen and oxygen atoms in total. The number of benzene rings is 2. The summed E-state index contributed by atoms with van der Waals surface area (Å²) in [5.74, 6) is 0.983. The first-order chi connectivity index (χ1) is 14.0. The molecule has 9 heteroatoms. The van der Waals surface area contributed by atoms with Gasteiger partial charge in [-0.2, -0.15) is 10.2 Å². The van der Waals surface area contributed by atoms with Crippen molar-refractivity contribution < 1.29 is 8.42 Å². The molecule has 29 heavy (non-hydrogen) atoms. The maximum Gasteiger partial charge on any atom is 0.240 e. The largest absolute Gasteiger partial charge is 0.369 e. The van der Waals surface area contributed by atoms with Crippen LogP contribution in [-0.2, 0) is 10.0 Å². The summed E-state index contributed by atoms with van der Waals surface area (Å²) in [6.07, 6.45) is 2.29. The van der Waals surface area contributed by atoms with Crippen LogP contribution in [0.4, 0.5) is 17.5 Å². The summed E-state index contributed by atoms with van der Waals surface area (Å²) in [5, 5.41) is 15.3. The molecule has 0 saturated carbocycles. The zero-order chi connectivity index (χ0) is 20.3. The zero-order valence-corrected chi connectivity index (χ0v) is 16.2. The second-order valence-electron chi connectivity index (χ2n) is 6.48. The van der Waals surface area contributed by atoms with E-state index in [0.717, 1.165) is 11.1 Å². The van der Waals surface area contributed by atoms with E-state index in [1.165, 1.54) is 0 Å². The van der Waals surface area contributed by atoms with Gasteiger partial charge in [0.2, 0.25) is 16.0 Å². The minimum atomic E-state index is -3.58. The van der Waals surface area contributed by atoms with Gasteiger partial charge in [-0.3, -0.25) is 0 Å². The van der Waals surface area contributed by atoms with Crippen molar-refractivity contribution in [3.8, 4) is 17.2 Å². The average molecular weight is 406 g/mol. The van der Waals surface area contributed by atoms with E-state index in [-0.39, 0.29) is 4.90 Å². The first-order valence-corrected chi connectivity index (χ1v) is 10.5. The molecule has 4 rings (SSSR count). The molecule has 2 aromatic carbocycles. The van der Waals surface area contributed by atoms with Crippen LogP contribution in [0, 0.1) is 11.3 Å². The normalized spacial score (nSPS) is 15.4. The van der Waals surface area contributed by atoms with E-state index >= 15 is 0 Å². The fourth-order valence-corrected chi connectivity index (χ4v) is 4.09. The van der Waals surface area contributed by atoms with E-state index in [0.29, 0.717) is 42.5 Å². The Hall–Kier alpha value is -3.48. The van der Waals surface area contributed by atoms with Crippen LogP contribution < -0.4 is 15.4 Å². The molecule has 0 amide bonds. The average Bonchev–Trinajstić information content (AvgIpc) is 2.74. The van der Waals surface area contributed by atoms with Crippen molar-refractivity contribution in [2.24, 2.45) is 0 Å². The molecule has 1 aliphatic rings. The summed E-state index contributed by atoms with van der Waals surface area (Å²) in [6, 6.07) is 15.8. The Morgan fingerprint density at radius 3 is 2.69 bits per heavy atom. The first-order valence-electron chi connectivity index (χ1n) is 9.03. The zero-order valence-electron chi connectivity index (χ0n) is 15.4. The van der Waals surface area contributed by atoms with E-state index in [2.05, 4.69) is 31.4 Å². The molecule has 0 spiro atoms. The lowest BCUT2D eigenvalue weighted by atomic mass is 10.1. The van der Waals surface area contributed by atoms with Crippen molar-refractivity contribution in [3.05, 3.63) is 60.3 Å². The Bertz CT molecular complexity index is 1190. The number of aromatic nitrogens is 2. The third-order valence-corrected chi connectivity index (χ3v) is 5.91. The third kappa shape index (κ3) is 4.18. The van der Waals surface area contributed by atoms with Crippen molar-refractivity contribution in [1.29, 1.82) is 5.26 Å². The topological polar surface area (TPSA) is 120 Å². The number of hydrogen-bond donors (Lipinski definition) is 3. The van der Waals surface area contributed by atoms with Gasteiger partial charge in [-0.05, 0) is 42.3 Å². The maximum absolute atomic E-state index is 12.4. The highest BCUT2D eigenvalue weighted by molar-refractivity contribution is 7.89. The van der Waals surface area contributed by atoms with Gasteiger partial charge in [-0.15, -0.1) is 0 Å². The number of sulfonamides is 1. The molecule has 0 atom stereocenters. The lowest BCUT2D eigenvalue weighted by molar-refractivity contribution is 0.580. The maximum atomic E-state index is 12.4. The molecule has 0 unspecified atom stereocenters. The smallest absolute Gasteiger partial charge is 0.240 e. The van der Waals surface area contributed by atoms with Gasteiger partial charge in [0.1, 0.15) is 5.82 Å². The first kappa shape index (κ1) is 18.9. The minimum absolute atomic E-state index is 0.184. The molecule has 4 bridgehead atoms. The van der Waals surface area contributed by atoms with Crippen LogP contribution in [0.1, 0.15) is 12.0 Å². The Morgan fingerprint density at radius 2 is 1.90 bits per heavy atom. The van der Waals surface area contributed by atoms with Crippen LogP contribution >= 0.6 is 0 Å². The van der Waals surface area contributed by atoms with Crippen LogP contribution in [0.5, 0.6) is 0 Å². The number of nitrogens with zero attached hydrogens (tertiary/aromatic N) is 3. The van der Waals surface area contributed by atoms with Crippen LogP contribution in [0.25, 0.3) is 11.1 Å². The molecule has 146 valence electrons. The minimum Gasteiger partial charge on any atom is -0.369 e. The number of rotatable bonds is 1. The van der Waals surface area contributed by atoms with Gasteiger partial charge >= 0.3 is 0 Å². The second-order valence-corrected chi connectivity index (χ2v) is 8.24. The van der Waals surface area contributed by atoms with Gasteiger partial charge in [-0.1, -0.05) is 18.2 Å². The van der Waals surface area contributed by atoms with Crippen molar-refractivity contribution in [1.82, 2.24) is 14.7 Å². The van der Waals surface area contributed by atoms with Crippen molar-refractivity contribution >= 4 is 27.5 Å². The van der Waals surface area contributed by atoms with Crippen LogP contribution in [0.2, 0.25) is 0 Å². The van der Waals surface area contributed by atoms with Crippen LogP contribution in [-0.4, -0.2) is 31.5 Å². The number of fused-ring (bicyclic) bond motifs is 4. The highest BCUT2D eigenvalue weighted by atomic mass is 32.2. The van der Waals surface area contributed by atoms with Crippen molar-refractivity contribution in [2.45, 2.75) is 11.3 Å². The number of nitriles is 1. The van der Waals surface area contributed by atoms with Gasteiger partial charge in [0.15, 0.2) is 0 Å². The number of nitrogens with one attached hydrogen (secondary N) is 3. The Kier molecular flexibility index (Phi) is 5.12. The van der Waals surface area contributed by atoms with E-state index in [4.69, 9.17) is 5.26 Å². The van der Waals surface area contributed by atoms with Gasteiger partial charge in [0, 0.05) is 30.5 Å². The summed E-state index contributed by atoms with van der Waals surface area (Å²) in [5.41, 5.74) is 2.83. The number of hydrogen-bond acceptors (Lipinski definition) is 7. The lowest BCUT2D eigenvalue weighted by Gasteiger charge is -2.13. The predicted octanol–water partition coefficient (Wildman–Crippen LogP) is 2.85. The van der Waals surface area contributed by atoms with Gasteiger partial charge in [0.25, 0.3) is 0 Å². The highest BCUT2D eigenvalue weighted by Crippen LogP contribution is 2.28. The van der Waals surface area contributed by atoms with Gasteiger partial charge < -0.3 is 10.6 Å². The molecule has 1 aromatic heterocycles. The molecular weight excluding hydrogens is 388 g/mol. The Balaban J connectivity index is 1.73. The molecule has 3 N–H and O–H groups in total. The molecule has 0 saturated heterocycles. The fraction of sp³-hybridized carbons (Fsp3) is 0.150. The summed E-state index contributed by atoms with van der Waals surface area (Å²) in [4.78, 5) is 9.14. The van der Waals surface area contributed by atoms with Crippen LogP contribution in [0.3, 0.4) is 0 Å². The van der Waals surface area contributed by atoms with E-state index in [9.17, 15) is 8.42 Å². The number of anilines is 3. The molecule has 3 aromatic rings. The predicted molar refractivity (Wildman–Crippen MR) is 110 cm³/mol. The summed E-state index contributed by atoms with van der Waals surface area (Å²) in [7, 11) is -3.58. The third-order valence-electron chi connectivity index (χ3n) is 4.45. The highest BCUT2D eigenvalue weighted by Gasteiger charge is 2.16. The van der Waals surface area contributed by atoms with Crippen molar-refractivity contribution in [3.63, 3.8) is 0 Å². The molecule has 0 radical (unpaired) electrons. The quantitative estimate of drug-likeness (QED) is 0.568. The van der Waals surface area contributed by atoms with Crippen molar-refractivity contribution in [2.75, 3.05) is 23.7 Å². The van der Waals surface area contributed by atoms with Gasteiger partial charge in [0.05, 0.1) is 16.5 Å². The molecule has 0 aliphatic carbocycles. The Labute approximate surface area is 168 Å². The lowest BCUT2D eigenvalue weighted by Crippen LogP contribution is -2.26. The van der Waals surface area contributed by atoms with Crippen LogP contribution in [0.15, 0.2) is 59.6 Å².